The minimum absolute atomic E-state index is 0.504. The van der Waals surface area contributed by atoms with Crippen molar-refractivity contribution in [3.8, 4) is 0 Å². The van der Waals surface area contributed by atoms with Gasteiger partial charge in [0, 0.05) is 18.4 Å². The number of nitrogens with zero attached hydrogens (tertiary/aromatic N) is 2. The molecule has 1 aromatic heterocycles. The lowest BCUT2D eigenvalue weighted by molar-refractivity contribution is 0.185. The maximum Gasteiger partial charge on any atom is 0.160 e. The van der Waals surface area contributed by atoms with E-state index < -0.39 is 0 Å². The number of benzene rings is 1. The highest BCUT2D eigenvalue weighted by Crippen LogP contribution is 2.20. The van der Waals surface area contributed by atoms with Crippen molar-refractivity contribution in [3.63, 3.8) is 0 Å². The Hall–Kier alpha value is -2.18. The monoisotopic (exact) mass is 245 g/mol. The lowest BCUT2D eigenvalue weighted by Gasteiger charge is -2.11. The molecule has 18 heavy (non-hydrogen) atoms. The number of ether oxygens (including phenoxy) is 1. The summed E-state index contributed by atoms with van der Waals surface area (Å²) in [6, 6.07) is 7.85. The van der Waals surface area contributed by atoms with Crippen molar-refractivity contribution >= 4 is 17.3 Å². The van der Waals surface area contributed by atoms with E-state index in [0.717, 1.165) is 11.3 Å². The van der Waals surface area contributed by atoms with Crippen molar-refractivity contribution in [1.29, 1.82) is 0 Å². The summed E-state index contributed by atoms with van der Waals surface area (Å²) >= 11 is 0. The van der Waals surface area contributed by atoms with Crippen molar-refractivity contribution in [2.24, 2.45) is 5.84 Å². The van der Waals surface area contributed by atoms with Gasteiger partial charge in [0.25, 0.3) is 0 Å². The third-order valence-electron chi connectivity index (χ3n) is 2.36. The van der Waals surface area contributed by atoms with Gasteiger partial charge in [0.05, 0.1) is 19.0 Å². The third kappa shape index (κ3) is 2.93. The lowest BCUT2D eigenvalue weighted by atomic mass is 10.2. The largest absolute Gasteiger partial charge is 0.380 e. The van der Waals surface area contributed by atoms with Gasteiger partial charge >= 0.3 is 0 Å². The van der Waals surface area contributed by atoms with Gasteiger partial charge in [-0.1, -0.05) is 18.2 Å². The molecule has 6 heteroatoms. The molecule has 0 fully saturated rings. The van der Waals surface area contributed by atoms with Crippen LogP contribution in [0, 0.1) is 0 Å². The van der Waals surface area contributed by atoms with Crippen LogP contribution in [0.5, 0.6) is 0 Å². The van der Waals surface area contributed by atoms with Crippen LogP contribution in [0.1, 0.15) is 5.56 Å². The molecule has 6 nitrogen and oxygen atoms in total. The van der Waals surface area contributed by atoms with Crippen LogP contribution in [0.3, 0.4) is 0 Å². The number of anilines is 3. The summed E-state index contributed by atoms with van der Waals surface area (Å²) in [4.78, 5) is 8.27. The van der Waals surface area contributed by atoms with Gasteiger partial charge in [-0.05, 0) is 6.07 Å². The van der Waals surface area contributed by atoms with E-state index in [1.165, 1.54) is 0 Å². The number of nitrogens with one attached hydrogen (secondary N) is 2. The molecule has 0 aliphatic carbocycles. The van der Waals surface area contributed by atoms with Crippen LogP contribution in [0.15, 0.2) is 36.7 Å². The Kier molecular flexibility index (Phi) is 4.06. The van der Waals surface area contributed by atoms with Crippen LogP contribution in [-0.4, -0.2) is 17.1 Å². The highest BCUT2D eigenvalue weighted by Gasteiger charge is 2.03. The van der Waals surface area contributed by atoms with Gasteiger partial charge in [-0.3, -0.25) is 4.98 Å². The molecule has 0 unspecified atom stereocenters. The van der Waals surface area contributed by atoms with Crippen LogP contribution in [0.4, 0.5) is 17.3 Å². The fraction of sp³-hybridized carbons (Fsp3) is 0.167. The number of rotatable bonds is 5. The predicted molar refractivity (Wildman–Crippen MR) is 70.3 cm³/mol. The highest BCUT2D eigenvalue weighted by atomic mass is 16.5. The molecule has 94 valence electrons. The maximum atomic E-state index is 5.29. The molecule has 0 saturated carbocycles. The average molecular weight is 245 g/mol. The molecule has 0 atom stereocenters. The minimum Gasteiger partial charge on any atom is -0.380 e. The zero-order valence-corrected chi connectivity index (χ0v) is 10.1. The number of hydrazine groups is 1. The normalized spacial score (nSPS) is 10.1. The van der Waals surface area contributed by atoms with Crippen molar-refractivity contribution < 1.29 is 4.74 Å². The van der Waals surface area contributed by atoms with E-state index in [1.54, 1.807) is 19.5 Å². The summed E-state index contributed by atoms with van der Waals surface area (Å²) in [6.07, 6.45) is 3.18. The summed E-state index contributed by atoms with van der Waals surface area (Å²) in [5, 5.41) is 3.18. The SMILES string of the molecule is COCc1ccccc1Nc1cncc(NN)n1. The Bertz CT molecular complexity index is 517. The van der Waals surface area contributed by atoms with Gasteiger partial charge in [-0.2, -0.15) is 0 Å². The Morgan fingerprint density at radius 3 is 2.78 bits per heavy atom. The average Bonchev–Trinajstić information content (AvgIpc) is 2.41. The number of aromatic nitrogens is 2. The smallest absolute Gasteiger partial charge is 0.160 e. The molecule has 4 N–H and O–H groups in total. The standard InChI is InChI=1S/C12H15N5O/c1-18-8-9-4-2-3-5-10(9)15-11-6-14-7-12(16-11)17-13/h2-7H,8,13H2,1H3,(H2,15,16,17). The first-order valence-corrected chi connectivity index (χ1v) is 5.46. The number of methoxy groups -OCH3 is 1. The molecule has 0 radical (unpaired) electrons. The first-order chi connectivity index (χ1) is 8.83. The summed E-state index contributed by atoms with van der Waals surface area (Å²) in [5.41, 5.74) is 4.44. The number of hydrogen-bond donors (Lipinski definition) is 3. The molecule has 2 aromatic rings. The summed E-state index contributed by atoms with van der Waals surface area (Å²) in [5.74, 6) is 6.41. The van der Waals surface area contributed by atoms with E-state index in [9.17, 15) is 0 Å². The molecule has 0 aliphatic heterocycles. The van der Waals surface area contributed by atoms with Crippen LogP contribution in [0.25, 0.3) is 0 Å². The molecule has 0 spiro atoms. The fourth-order valence-electron chi connectivity index (χ4n) is 1.56. The number of para-hydroxylation sites is 1. The molecule has 0 bridgehead atoms. The summed E-state index contributed by atoms with van der Waals surface area (Å²) in [7, 11) is 1.66. The van der Waals surface area contributed by atoms with Gasteiger partial charge in [-0.25, -0.2) is 10.8 Å². The number of nitrogens with two attached hydrogens (primary N) is 1. The summed E-state index contributed by atoms with van der Waals surface area (Å²) < 4.78 is 5.14. The third-order valence-corrected chi connectivity index (χ3v) is 2.36. The Balaban J connectivity index is 2.22. The molecule has 1 aromatic carbocycles. The van der Waals surface area contributed by atoms with Gasteiger partial charge in [0.2, 0.25) is 0 Å². The molecular formula is C12H15N5O. The maximum absolute atomic E-state index is 5.29. The van der Waals surface area contributed by atoms with Gasteiger partial charge in [-0.15, -0.1) is 0 Å². The molecule has 0 saturated heterocycles. The van der Waals surface area contributed by atoms with Crippen molar-refractivity contribution in [2.75, 3.05) is 17.9 Å². The first-order valence-electron chi connectivity index (χ1n) is 5.46. The Morgan fingerprint density at radius 1 is 1.22 bits per heavy atom. The molecule has 1 heterocycles. The van der Waals surface area contributed by atoms with Crippen LogP contribution in [0.2, 0.25) is 0 Å². The van der Waals surface area contributed by atoms with Crippen LogP contribution >= 0.6 is 0 Å². The first kappa shape index (κ1) is 12.3. The van der Waals surface area contributed by atoms with Crippen LogP contribution in [-0.2, 0) is 11.3 Å². The minimum atomic E-state index is 0.504. The molecule has 2 rings (SSSR count). The second kappa shape index (κ2) is 5.95. The topological polar surface area (TPSA) is 85.1 Å². The zero-order chi connectivity index (χ0) is 12.8. The van der Waals surface area contributed by atoms with Gasteiger partial charge in [0.1, 0.15) is 0 Å². The van der Waals surface area contributed by atoms with E-state index in [4.69, 9.17) is 10.6 Å². The Labute approximate surface area is 105 Å². The quantitative estimate of drug-likeness (QED) is 0.548. The van der Waals surface area contributed by atoms with Crippen LogP contribution < -0.4 is 16.6 Å². The van der Waals surface area contributed by atoms with E-state index >= 15 is 0 Å². The molecule has 0 amide bonds. The summed E-state index contributed by atoms with van der Waals surface area (Å²) in [6.45, 7) is 0.533. The fourth-order valence-corrected chi connectivity index (χ4v) is 1.56. The zero-order valence-electron chi connectivity index (χ0n) is 10.1. The van der Waals surface area contributed by atoms with E-state index in [0.29, 0.717) is 18.2 Å². The molecule has 0 aliphatic rings. The van der Waals surface area contributed by atoms with E-state index in [-0.39, 0.29) is 0 Å². The van der Waals surface area contributed by atoms with E-state index in [2.05, 4.69) is 20.7 Å². The number of nitrogen functional groups attached to an aromatic ring is 1. The van der Waals surface area contributed by atoms with Gasteiger partial charge in [0.15, 0.2) is 11.6 Å². The van der Waals surface area contributed by atoms with Crippen molar-refractivity contribution in [2.45, 2.75) is 6.61 Å². The van der Waals surface area contributed by atoms with E-state index in [1.807, 2.05) is 24.3 Å². The second-order valence-corrected chi connectivity index (χ2v) is 3.65. The lowest BCUT2D eigenvalue weighted by Crippen LogP contribution is -2.09. The van der Waals surface area contributed by atoms with Crippen molar-refractivity contribution in [1.82, 2.24) is 9.97 Å². The Morgan fingerprint density at radius 2 is 2.00 bits per heavy atom. The van der Waals surface area contributed by atoms with Gasteiger partial charge < -0.3 is 15.5 Å². The second-order valence-electron chi connectivity index (χ2n) is 3.65. The number of hydrogen-bond acceptors (Lipinski definition) is 6. The van der Waals surface area contributed by atoms with Crippen molar-refractivity contribution in [3.05, 3.63) is 42.2 Å². The highest BCUT2D eigenvalue weighted by molar-refractivity contribution is 5.60. The predicted octanol–water partition coefficient (Wildman–Crippen LogP) is 1.65. The molecular weight excluding hydrogens is 230 g/mol.